The molecular formula is C17H24N4O3. The Hall–Kier alpha value is -2.28. The highest BCUT2D eigenvalue weighted by molar-refractivity contribution is 5.41. The molecule has 1 saturated heterocycles. The average Bonchev–Trinajstić information content (AvgIpc) is 3.07. The topological polar surface area (TPSA) is 74.9 Å². The van der Waals surface area contributed by atoms with Gasteiger partial charge in [0.15, 0.2) is 11.5 Å². The van der Waals surface area contributed by atoms with Gasteiger partial charge in [0.1, 0.15) is 0 Å². The van der Waals surface area contributed by atoms with Crippen molar-refractivity contribution in [2.24, 2.45) is 0 Å². The SMILES string of the molecule is COc1cc(CN2CCC[C@H](c3nc(N(C)C)no3)C2)ccc1O. The standard InChI is InChI=1S/C17H24N4O3/c1-20(2)17-18-16(24-19-17)13-5-4-8-21(11-13)10-12-6-7-14(22)15(9-12)23-3/h6-7,9,13,22H,4-5,8,10-11H2,1-3H3/t13-/m0/s1. The molecule has 130 valence electrons. The summed E-state index contributed by atoms with van der Waals surface area (Å²) in [5, 5.41) is 13.7. The van der Waals surface area contributed by atoms with Crippen LogP contribution in [0.5, 0.6) is 11.5 Å². The number of rotatable bonds is 5. The molecule has 1 aliphatic rings. The number of phenolic OH excluding ortho intramolecular Hbond substituents is 1. The first-order valence-electron chi connectivity index (χ1n) is 8.16. The lowest BCUT2D eigenvalue weighted by molar-refractivity contribution is 0.180. The van der Waals surface area contributed by atoms with Gasteiger partial charge in [0.25, 0.3) is 5.95 Å². The lowest BCUT2D eigenvalue weighted by Crippen LogP contribution is -2.34. The number of phenols is 1. The van der Waals surface area contributed by atoms with Crippen molar-refractivity contribution < 1.29 is 14.4 Å². The summed E-state index contributed by atoms with van der Waals surface area (Å²) in [4.78, 5) is 8.70. The Bertz CT molecular complexity index is 686. The number of benzene rings is 1. The third-order valence-corrected chi connectivity index (χ3v) is 4.34. The van der Waals surface area contributed by atoms with E-state index in [4.69, 9.17) is 9.26 Å². The molecule has 2 heterocycles. The molecule has 7 nitrogen and oxygen atoms in total. The second kappa shape index (κ2) is 7.09. The molecule has 1 atom stereocenters. The smallest absolute Gasteiger partial charge is 0.265 e. The average molecular weight is 332 g/mol. The van der Waals surface area contributed by atoms with Gasteiger partial charge >= 0.3 is 0 Å². The molecule has 0 saturated carbocycles. The van der Waals surface area contributed by atoms with Crippen LogP contribution in [0.1, 0.15) is 30.2 Å². The van der Waals surface area contributed by atoms with E-state index in [9.17, 15) is 5.11 Å². The van der Waals surface area contributed by atoms with E-state index >= 15 is 0 Å². The predicted molar refractivity (Wildman–Crippen MR) is 90.5 cm³/mol. The number of aromatic hydroxyl groups is 1. The first-order valence-corrected chi connectivity index (χ1v) is 8.16. The third kappa shape index (κ3) is 3.62. The number of ether oxygens (including phenoxy) is 1. The lowest BCUT2D eigenvalue weighted by atomic mass is 9.97. The number of aromatic nitrogens is 2. The second-order valence-corrected chi connectivity index (χ2v) is 6.41. The van der Waals surface area contributed by atoms with Gasteiger partial charge in [0.2, 0.25) is 5.89 Å². The quantitative estimate of drug-likeness (QED) is 0.900. The first-order chi connectivity index (χ1) is 11.6. The van der Waals surface area contributed by atoms with Crippen LogP contribution in [0.2, 0.25) is 0 Å². The summed E-state index contributed by atoms with van der Waals surface area (Å²) in [5.74, 6) is 2.27. The van der Waals surface area contributed by atoms with Crippen molar-refractivity contribution in [1.82, 2.24) is 15.0 Å². The fraction of sp³-hybridized carbons (Fsp3) is 0.529. The van der Waals surface area contributed by atoms with Crippen molar-refractivity contribution >= 4 is 5.95 Å². The fourth-order valence-electron chi connectivity index (χ4n) is 3.05. The number of hydrogen-bond acceptors (Lipinski definition) is 7. The Balaban J connectivity index is 1.67. The van der Waals surface area contributed by atoms with E-state index < -0.39 is 0 Å². The minimum Gasteiger partial charge on any atom is -0.504 e. The number of hydrogen-bond donors (Lipinski definition) is 1. The second-order valence-electron chi connectivity index (χ2n) is 6.41. The van der Waals surface area contributed by atoms with Crippen LogP contribution in [0.25, 0.3) is 0 Å². The molecule has 24 heavy (non-hydrogen) atoms. The molecule has 0 unspecified atom stereocenters. The van der Waals surface area contributed by atoms with Crippen molar-refractivity contribution in [1.29, 1.82) is 0 Å². The molecule has 0 radical (unpaired) electrons. The maximum atomic E-state index is 9.71. The molecular weight excluding hydrogens is 308 g/mol. The number of likely N-dealkylation sites (tertiary alicyclic amines) is 1. The summed E-state index contributed by atoms with van der Waals surface area (Å²) in [6.45, 7) is 2.73. The zero-order valence-electron chi connectivity index (χ0n) is 14.4. The van der Waals surface area contributed by atoms with Gasteiger partial charge in [0.05, 0.1) is 13.0 Å². The van der Waals surface area contributed by atoms with Crippen molar-refractivity contribution in [3.63, 3.8) is 0 Å². The number of methoxy groups -OCH3 is 1. The molecule has 0 amide bonds. The Labute approximate surface area is 141 Å². The minimum atomic E-state index is 0.167. The van der Waals surface area contributed by atoms with Crippen molar-refractivity contribution in [2.75, 3.05) is 39.2 Å². The number of piperidine rings is 1. The number of nitrogens with zero attached hydrogens (tertiary/aromatic N) is 4. The highest BCUT2D eigenvalue weighted by Gasteiger charge is 2.26. The molecule has 1 aromatic heterocycles. The maximum absolute atomic E-state index is 9.71. The summed E-state index contributed by atoms with van der Waals surface area (Å²) in [5.41, 5.74) is 1.12. The normalized spacial score (nSPS) is 18.5. The van der Waals surface area contributed by atoms with Crippen LogP contribution >= 0.6 is 0 Å². The van der Waals surface area contributed by atoms with Crippen LogP contribution in [-0.4, -0.2) is 54.4 Å². The van der Waals surface area contributed by atoms with Crippen LogP contribution in [0, 0.1) is 0 Å². The summed E-state index contributed by atoms with van der Waals surface area (Å²) in [7, 11) is 5.37. The van der Waals surface area contributed by atoms with Gasteiger partial charge in [-0.1, -0.05) is 6.07 Å². The Morgan fingerprint density at radius 1 is 1.42 bits per heavy atom. The molecule has 3 rings (SSSR count). The molecule has 0 bridgehead atoms. The van der Waals surface area contributed by atoms with Crippen LogP contribution in [0.15, 0.2) is 22.7 Å². The van der Waals surface area contributed by atoms with Gasteiger partial charge in [-0.2, -0.15) is 4.98 Å². The first kappa shape index (κ1) is 16.6. The summed E-state index contributed by atoms with van der Waals surface area (Å²) < 4.78 is 10.6. The van der Waals surface area contributed by atoms with Gasteiger partial charge < -0.3 is 19.3 Å². The highest BCUT2D eigenvalue weighted by Crippen LogP contribution is 2.30. The van der Waals surface area contributed by atoms with E-state index in [1.807, 2.05) is 31.1 Å². The van der Waals surface area contributed by atoms with Crippen LogP contribution in [0.3, 0.4) is 0 Å². The molecule has 1 aliphatic heterocycles. The minimum absolute atomic E-state index is 0.167. The lowest BCUT2D eigenvalue weighted by Gasteiger charge is -2.31. The van der Waals surface area contributed by atoms with Gasteiger partial charge in [-0.15, -0.1) is 0 Å². The van der Waals surface area contributed by atoms with Gasteiger partial charge in [-0.25, -0.2) is 0 Å². The Morgan fingerprint density at radius 3 is 2.96 bits per heavy atom. The van der Waals surface area contributed by atoms with Gasteiger partial charge in [-0.3, -0.25) is 4.90 Å². The third-order valence-electron chi connectivity index (χ3n) is 4.34. The Kier molecular flexibility index (Phi) is 4.89. The fourth-order valence-corrected chi connectivity index (χ4v) is 3.05. The van der Waals surface area contributed by atoms with E-state index in [2.05, 4.69) is 15.0 Å². The van der Waals surface area contributed by atoms with Crippen molar-refractivity contribution in [3.8, 4) is 11.5 Å². The van der Waals surface area contributed by atoms with E-state index in [1.54, 1.807) is 13.2 Å². The van der Waals surface area contributed by atoms with Crippen molar-refractivity contribution in [3.05, 3.63) is 29.7 Å². The molecule has 1 N–H and O–H groups in total. The molecule has 0 spiro atoms. The van der Waals surface area contributed by atoms with Gasteiger partial charge in [-0.05, 0) is 42.2 Å². The zero-order chi connectivity index (χ0) is 17.1. The van der Waals surface area contributed by atoms with Gasteiger partial charge in [0, 0.05) is 27.2 Å². The summed E-state index contributed by atoms with van der Waals surface area (Å²) in [6.07, 6.45) is 2.16. The van der Waals surface area contributed by atoms with E-state index in [0.717, 1.165) is 38.0 Å². The van der Waals surface area contributed by atoms with E-state index in [1.165, 1.54) is 0 Å². The van der Waals surface area contributed by atoms with Crippen LogP contribution in [0.4, 0.5) is 5.95 Å². The molecule has 7 heteroatoms. The van der Waals surface area contributed by atoms with Crippen LogP contribution < -0.4 is 9.64 Å². The Morgan fingerprint density at radius 2 is 2.25 bits per heavy atom. The van der Waals surface area contributed by atoms with E-state index in [0.29, 0.717) is 17.6 Å². The van der Waals surface area contributed by atoms with E-state index in [-0.39, 0.29) is 11.7 Å². The predicted octanol–water partition coefficient (Wildman–Crippen LogP) is 2.23. The summed E-state index contributed by atoms with van der Waals surface area (Å²) >= 11 is 0. The zero-order valence-corrected chi connectivity index (χ0v) is 14.4. The largest absolute Gasteiger partial charge is 0.504 e. The molecule has 1 aromatic carbocycles. The molecule has 1 fully saturated rings. The molecule has 0 aliphatic carbocycles. The van der Waals surface area contributed by atoms with Crippen molar-refractivity contribution in [2.45, 2.75) is 25.3 Å². The highest BCUT2D eigenvalue weighted by atomic mass is 16.5. The van der Waals surface area contributed by atoms with Crippen LogP contribution in [-0.2, 0) is 6.54 Å². The summed E-state index contributed by atoms with van der Waals surface area (Å²) in [6, 6.07) is 5.49. The monoisotopic (exact) mass is 332 g/mol. The maximum Gasteiger partial charge on any atom is 0.265 e. The molecule has 2 aromatic rings. The number of anilines is 1.